The zero-order valence-electron chi connectivity index (χ0n) is 8.59. The quantitative estimate of drug-likeness (QED) is 0.443. The molecule has 2 atom stereocenters. The van der Waals surface area contributed by atoms with Crippen molar-refractivity contribution < 1.29 is 5.21 Å². The first-order valence-electron chi connectivity index (χ1n) is 4.99. The van der Waals surface area contributed by atoms with Gasteiger partial charge in [-0.3, -0.25) is 0 Å². The molecule has 3 heteroatoms. The van der Waals surface area contributed by atoms with Crippen molar-refractivity contribution in [3.05, 3.63) is 0 Å². The summed E-state index contributed by atoms with van der Waals surface area (Å²) < 4.78 is 0. The van der Waals surface area contributed by atoms with Gasteiger partial charge in [0.25, 0.3) is 0 Å². The van der Waals surface area contributed by atoms with Gasteiger partial charge in [0.2, 0.25) is 0 Å². The summed E-state index contributed by atoms with van der Waals surface area (Å²) in [5, 5.41) is 15.9. The molecule has 13 heavy (non-hydrogen) atoms. The van der Waals surface area contributed by atoms with Crippen molar-refractivity contribution >= 4 is 5.71 Å². The molecule has 3 nitrogen and oxygen atoms in total. The molecule has 0 aromatic rings. The van der Waals surface area contributed by atoms with Gasteiger partial charge in [-0.2, -0.15) is 0 Å². The highest BCUT2D eigenvalue weighted by molar-refractivity contribution is 5.94. The molecule has 0 aromatic carbocycles. The van der Waals surface area contributed by atoms with Gasteiger partial charge in [0, 0.05) is 5.54 Å². The standard InChI is InChI=1S/C10H18N2O/c1-9(2)7-4-5-10(3,12-9)8(6-7)11-13/h7,12-13H,4-6H2,1-3H3. The SMILES string of the molecule is CC12CCC(CC1=NO)C(C)(C)N2. The summed E-state index contributed by atoms with van der Waals surface area (Å²) in [4.78, 5) is 0. The van der Waals surface area contributed by atoms with E-state index in [-0.39, 0.29) is 11.1 Å². The Labute approximate surface area is 79.2 Å². The molecule has 0 aromatic heterocycles. The summed E-state index contributed by atoms with van der Waals surface area (Å²) in [5.74, 6) is 0.625. The van der Waals surface area contributed by atoms with Crippen molar-refractivity contribution in [2.45, 2.75) is 51.1 Å². The summed E-state index contributed by atoms with van der Waals surface area (Å²) >= 11 is 0. The van der Waals surface area contributed by atoms with E-state index in [9.17, 15) is 0 Å². The lowest BCUT2D eigenvalue weighted by Gasteiger charge is -2.55. The molecule has 0 radical (unpaired) electrons. The normalized spacial score (nSPS) is 45.5. The van der Waals surface area contributed by atoms with Crippen LogP contribution in [-0.4, -0.2) is 22.0 Å². The minimum absolute atomic E-state index is 0.0625. The Balaban J connectivity index is 2.34. The van der Waals surface area contributed by atoms with Crippen LogP contribution in [0.5, 0.6) is 0 Å². The number of hydrogen-bond donors (Lipinski definition) is 2. The van der Waals surface area contributed by atoms with Crippen LogP contribution in [0.15, 0.2) is 5.16 Å². The molecule has 2 aliphatic heterocycles. The highest BCUT2D eigenvalue weighted by Crippen LogP contribution is 2.43. The molecule has 2 heterocycles. The Hall–Kier alpha value is -0.570. The van der Waals surface area contributed by atoms with Crippen LogP contribution in [0.2, 0.25) is 0 Å². The summed E-state index contributed by atoms with van der Waals surface area (Å²) in [6.07, 6.45) is 3.29. The Kier molecular flexibility index (Phi) is 1.71. The number of piperidine rings is 2. The molecular formula is C10H18N2O. The topological polar surface area (TPSA) is 44.6 Å². The second-order valence-electron chi connectivity index (χ2n) is 5.17. The van der Waals surface area contributed by atoms with E-state index in [2.05, 4.69) is 31.2 Å². The van der Waals surface area contributed by atoms with Crippen LogP contribution in [0.1, 0.15) is 40.0 Å². The molecule has 74 valence electrons. The van der Waals surface area contributed by atoms with Crippen LogP contribution in [0.4, 0.5) is 0 Å². The Morgan fingerprint density at radius 3 is 2.62 bits per heavy atom. The predicted molar refractivity (Wildman–Crippen MR) is 52.2 cm³/mol. The van der Waals surface area contributed by atoms with Gasteiger partial charge in [-0.05, 0) is 46.0 Å². The molecule has 2 saturated heterocycles. The third-order valence-electron chi connectivity index (χ3n) is 3.81. The number of nitrogens with zero attached hydrogens (tertiary/aromatic N) is 1. The highest BCUT2D eigenvalue weighted by Gasteiger charge is 2.50. The van der Waals surface area contributed by atoms with E-state index in [1.54, 1.807) is 0 Å². The van der Waals surface area contributed by atoms with Crippen LogP contribution < -0.4 is 5.32 Å². The van der Waals surface area contributed by atoms with Gasteiger partial charge in [0.1, 0.15) is 0 Å². The second-order valence-corrected chi connectivity index (χ2v) is 5.17. The van der Waals surface area contributed by atoms with Crippen molar-refractivity contribution in [2.24, 2.45) is 11.1 Å². The molecule has 0 spiro atoms. The van der Waals surface area contributed by atoms with Crippen molar-refractivity contribution in [1.82, 2.24) is 5.32 Å². The number of rotatable bonds is 0. The third-order valence-corrected chi connectivity index (χ3v) is 3.81. The average molecular weight is 182 g/mol. The maximum Gasteiger partial charge on any atom is 0.0771 e. The lowest BCUT2D eigenvalue weighted by atomic mass is 9.63. The van der Waals surface area contributed by atoms with Gasteiger partial charge in [0.05, 0.1) is 11.3 Å². The second kappa shape index (κ2) is 2.47. The van der Waals surface area contributed by atoms with E-state index in [1.807, 2.05) is 0 Å². The molecule has 1 saturated carbocycles. The van der Waals surface area contributed by atoms with E-state index >= 15 is 0 Å². The number of fused-ring (bicyclic) bond motifs is 3. The van der Waals surface area contributed by atoms with E-state index in [0.717, 1.165) is 18.6 Å². The molecule has 2 N–H and O–H groups in total. The zero-order valence-corrected chi connectivity index (χ0v) is 8.59. The number of nitrogens with one attached hydrogen (secondary N) is 1. The van der Waals surface area contributed by atoms with E-state index in [4.69, 9.17) is 5.21 Å². The lowest BCUT2D eigenvalue weighted by Crippen LogP contribution is -2.69. The fourth-order valence-corrected chi connectivity index (χ4v) is 2.88. The van der Waals surface area contributed by atoms with E-state index in [1.165, 1.54) is 6.42 Å². The Morgan fingerprint density at radius 1 is 1.46 bits per heavy atom. The van der Waals surface area contributed by atoms with Crippen molar-refractivity contribution in [3.63, 3.8) is 0 Å². The summed E-state index contributed by atoms with van der Waals surface area (Å²) in [7, 11) is 0. The highest BCUT2D eigenvalue weighted by atomic mass is 16.4. The van der Waals surface area contributed by atoms with Crippen LogP contribution in [-0.2, 0) is 0 Å². The van der Waals surface area contributed by atoms with Crippen molar-refractivity contribution in [2.75, 3.05) is 0 Å². The molecule has 2 bridgehead atoms. The Morgan fingerprint density at radius 2 is 2.15 bits per heavy atom. The first kappa shape index (κ1) is 9.00. The molecule has 3 rings (SSSR count). The predicted octanol–water partition coefficient (Wildman–Crippen LogP) is 1.76. The molecule has 2 unspecified atom stereocenters. The summed E-state index contributed by atoms with van der Waals surface area (Å²) in [6, 6.07) is 0. The Bertz CT molecular complexity index is 260. The van der Waals surface area contributed by atoms with Crippen LogP contribution >= 0.6 is 0 Å². The smallest absolute Gasteiger partial charge is 0.0771 e. The molecular weight excluding hydrogens is 164 g/mol. The van der Waals surface area contributed by atoms with Gasteiger partial charge < -0.3 is 10.5 Å². The number of hydrogen-bond acceptors (Lipinski definition) is 3. The van der Waals surface area contributed by atoms with Crippen molar-refractivity contribution in [1.29, 1.82) is 0 Å². The van der Waals surface area contributed by atoms with Crippen LogP contribution in [0.25, 0.3) is 0 Å². The average Bonchev–Trinajstić information content (AvgIpc) is 2.01. The maximum atomic E-state index is 8.90. The molecule has 3 fully saturated rings. The number of oxime groups is 1. The van der Waals surface area contributed by atoms with Crippen LogP contribution in [0.3, 0.4) is 0 Å². The first-order valence-corrected chi connectivity index (χ1v) is 4.99. The monoisotopic (exact) mass is 182 g/mol. The first-order chi connectivity index (χ1) is 5.98. The van der Waals surface area contributed by atoms with Gasteiger partial charge in [-0.15, -0.1) is 0 Å². The van der Waals surface area contributed by atoms with E-state index < -0.39 is 0 Å². The maximum absolute atomic E-state index is 8.90. The molecule has 3 aliphatic rings. The minimum Gasteiger partial charge on any atom is -0.411 e. The largest absolute Gasteiger partial charge is 0.411 e. The minimum atomic E-state index is -0.0625. The fraction of sp³-hybridized carbons (Fsp3) is 0.900. The van der Waals surface area contributed by atoms with E-state index in [0.29, 0.717) is 5.92 Å². The lowest BCUT2D eigenvalue weighted by molar-refractivity contribution is 0.107. The summed E-state index contributed by atoms with van der Waals surface area (Å²) in [6.45, 7) is 6.62. The molecule has 1 aliphatic carbocycles. The fourth-order valence-electron chi connectivity index (χ4n) is 2.88. The van der Waals surface area contributed by atoms with Gasteiger partial charge >= 0.3 is 0 Å². The van der Waals surface area contributed by atoms with Crippen molar-refractivity contribution in [3.8, 4) is 0 Å². The van der Waals surface area contributed by atoms with Crippen LogP contribution in [0, 0.1) is 5.92 Å². The van der Waals surface area contributed by atoms with Gasteiger partial charge in [-0.25, -0.2) is 0 Å². The summed E-state index contributed by atoms with van der Waals surface area (Å²) in [5.41, 5.74) is 1.07. The molecule has 0 amide bonds. The van der Waals surface area contributed by atoms with Gasteiger partial charge in [-0.1, -0.05) is 5.16 Å². The third kappa shape index (κ3) is 1.17. The van der Waals surface area contributed by atoms with Gasteiger partial charge in [0.15, 0.2) is 0 Å². The zero-order chi connectivity index (χ0) is 9.69.